The van der Waals surface area contributed by atoms with Crippen molar-refractivity contribution >= 4 is 34.4 Å². The van der Waals surface area contributed by atoms with Crippen LogP contribution in [0.1, 0.15) is 51.6 Å². The molecular weight excluding hydrogens is 386 g/mol. The molecule has 1 aromatic carbocycles. The number of carbonyl (C=O) groups is 1. The first-order chi connectivity index (χ1) is 14.0. The molecule has 1 aliphatic rings. The Morgan fingerprint density at radius 3 is 2.76 bits per heavy atom. The Kier molecular flexibility index (Phi) is 5.71. The Hall–Kier alpha value is -2.61. The van der Waals surface area contributed by atoms with Gasteiger partial charge in [0.05, 0.1) is 22.9 Å². The zero-order chi connectivity index (χ0) is 20.4. The fourth-order valence-corrected chi connectivity index (χ4v) is 4.71. The van der Waals surface area contributed by atoms with Crippen molar-refractivity contribution in [2.24, 2.45) is 0 Å². The van der Waals surface area contributed by atoms with Gasteiger partial charge in [0.25, 0.3) is 5.56 Å². The van der Waals surface area contributed by atoms with Gasteiger partial charge in [0, 0.05) is 18.2 Å². The summed E-state index contributed by atoms with van der Waals surface area (Å²) < 4.78 is 3.58. The maximum atomic E-state index is 13.2. The molecule has 1 fully saturated rings. The van der Waals surface area contributed by atoms with Gasteiger partial charge >= 0.3 is 0 Å². The van der Waals surface area contributed by atoms with E-state index < -0.39 is 0 Å². The van der Waals surface area contributed by atoms with Crippen molar-refractivity contribution in [2.75, 3.05) is 11.1 Å². The second kappa shape index (κ2) is 8.41. The van der Waals surface area contributed by atoms with Gasteiger partial charge in [-0.15, -0.1) is 0 Å². The summed E-state index contributed by atoms with van der Waals surface area (Å²) in [5, 5.41) is 8.40. The molecule has 0 saturated heterocycles. The average Bonchev–Trinajstić information content (AvgIpc) is 3.38. The Morgan fingerprint density at radius 2 is 2.00 bits per heavy atom. The molecule has 1 saturated carbocycles. The lowest BCUT2D eigenvalue weighted by Gasteiger charge is -2.18. The molecule has 29 heavy (non-hydrogen) atoms. The number of hydrogen-bond donors (Lipinski definition) is 1. The molecule has 0 atom stereocenters. The van der Waals surface area contributed by atoms with Crippen molar-refractivity contribution in [2.45, 2.75) is 56.8 Å². The summed E-state index contributed by atoms with van der Waals surface area (Å²) in [4.78, 5) is 30.4. The van der Waals surface area contributed by atoms with Gasteiger partial charge in [-0.05, 0) is 38.8 Å². The zero-order valence-electron chi connectivity index (χ0n) is 16.7. The first-order valence-electron chi connectivity index (χ1n) is 10.0. The minimum Gasteiger partial charge on any atom is -0.310 e. The van der Waals surface area contributed by atoms with E-state index in [1.165, 1.54) is 11.8 Å². The number of rotatable bonds is 6. The molecule has 8 heteroatoms. The van der Waals surface area contributed by atoms with Crippen molar-refractivity contribution in [3.63, 3.8) is 0 Å². The normalized spacial score (nSPS) is 14.7. The summed E-state index contributed by atoms with van der Waals surface area (Å²) in [6.45, 7) is 4.02. The van der Waals surface area contributed by atoms with Crippen molar-refractivity contribution in [3.8, 4) is 0 Å². The van der Waals surface area contributed by atoms with Gasteiger partial charge < -0.3 is 5.32 Å². The van der Waals surface area contributed by atoms with Gasteiger partial charge in [-0.1, -0.05) is 36.7 Å². The van der Waals surface area contributed by atoms with E-state index in [4.69, 9.17) is 4.98 Å². The summed E-state index contributed by atoms with van der Waals surface area (Å²) >= 11 is 1.32. The van der Waals surface area contributed by atoms with E-state index in [1.807, 2.05) is 42.7 Å². The highest BCUT2D eigenvalue weighted by Gasteiger charge is 2.23. The van der Waals surface area contributed by atoms with Crippen LogP contribution in [0.5, 0.6) is 0 Å². The molecule has 3 aromatic rings. The highest BCUT2D eigenvalue weighted by atomic mass is 32.2. The summed E-state index contributed by atoms with van der Waals surface area (Å²) in [7, 11) is 0. The molecule has 1 aliphatic carbocycles. The number of carbonyl (C=O) groups excluding carboxylic acids is 1. The molecule has 1 N–H and O–H groups in total. The third-order valence-electron chi connectivity index (χ3n) is 5.22. The second-order valence-electron chi connectivity index (χ2n) is 7.62. The maximum Gasteiger partial charge on any atom is 0.262 e. The first kappa shape index (κ1) is 19.7. The number of amides is 1. The molecule has 0 unspecified atom stereocenters. The van der Waals surface area contributed by atoms with Gasteiger partial charge in [0.1, 0.15) is 5.82 Å². The average molecular weight is 412 g/mol. The highest BCUT2D eigenvalue weighted by molar-refractivity contribution is 7.99. The number of thioether (sulfide) groups is 1. The van der Waals surface area contributed by atoms with Gasteiger partial charge in [0.2, 0.25) is 5.91 Å². The quantitative estimate of drug-likeness (QED) is 0.489. The lowest BCUT2D eigenvalue weighted by Crippen LogP contribution is -2.27. The molecule has 7 nitrogen and oxygen atoms in total. The number of benzene rings is 1. The van der Waals surface area contributed by atoms with Gasteiger partial charge in [-0.2, -0.15) is 5.10 Å². The summed E-state index contributed by atoms with van der Waals surface area (Å²) in [6, 6.07) is 9.51. The summed E-state index contributed by atoms with van der Waals surface area (Å²) in [6.07, 6.45) is 5.87. The molecule has 0 bridgehead atoms. The smallest absolute Gasteiger partial charge is 0.262 e. The minimum absolute atomic E-state index is 0.0108. The number of nitrogens with zero attached hydrogens (tertiary/aromatic N) is 4. The van der Waals surface area contributed by atoms with E-state index in [0.29, 0.717) is 21.9 Å². The number of fused-ring (bicyclic) bond motifs is 1. The molecule has 2 heterocycles. The summed E-state index contributed by atoms with van der Waals surface area (Å²) in [5.41, 5.74) is 0.663. The molecule has 0 aliphatic heterocycles. The third-order valence-corrected chi connectivity index (χ3v) is 6.18. The Labute approximate surface area is 173 Å². The van der Waals surface area contributed by atoms with Crippen LogP contribution in [0.2, 0.25) is 0 Å². The largest absolute Gasteiger partial charge is 0.310 e. The van der Waals surface area contributed by atoms with Crippen molar-refractivity contribution < 1.29 is 4.79 Å². The molecule has 0 spiro atoms. The topological polar surface area (TPSA) is 81.8 Å². The minimum atomic E-state index is -0.141. The fraction of sp³-hybridized carbons (Fsp3) is 0.429. The van der Waals surface area contributed by atoms with E-state index in [-0.39, 0.29) is 29.3 Å². The molecule has 4 rings (SSSR count). The number of anilines is 1. The number of hydrogen-bond acceptors (Lipinski definition) is 5. The van der Waals surface area contributed by atoms with Gasteiger partial charge in [-0.25, -0.2) is 9.67 Å². The highest BCUT2D eigenvalue weighted by Crippen LogP contribution is 2.32. The van der Waals surface area contributed by atoms with Crippen LogP contribution in [0, 0.1) is 0 Å². The van der Waals surface area contributed by atoms with Crippen LogP contribution < -0.4 is 10.9 Å². The zero-order valence-corrected chi connectivity index (χ0v) is 17.5. The monoisotopic (exact) mass is 411 g/mol. The van der Waals surface area contributed by atoms with E-state index in [1.54, 1.807) is 16.9 Å². The van der Waals surface area contributed by atoms with Crippen LogP contribution in [0.15, 0.2) is 46.5 Å². The number of nitrogens with one attached hydrogen (secondary N) is 1. The molecule has 2 aromatic heterocycles. The molecule has 152 valence electrons. The lowest BCUT2D eigenvalue weighted by molar-refractivity contribution is -0.113. The lowest BCUT2D eigenvalue weighted by atomic mass is 10.2. The standard InChI is InChI=1S/C21H25N5O2S/c1-14(2)26-18(11-12-22-26)24-19(27)13-29-21-23-17-10-6-5-9-16(17)20(28)25(21)15-7-3-4-8-15/h5-6,9-12,14-15H,3-4,7-8,13H2,1-2H3,(H,24,27). The van der Waals surface area contributed by atoms with Crippen molar-refractivity contribution in [3.05, 3.63) is 46.9 Å². The van der Waals surface area contributed by atoms with Crippen molar-refractivity contribution in [1.82, 2.24) is 19.3 Å². The van der Waals surface area contributed by atoms with Crippen LogP contribution in [0.4, 0.5) is 5.82 Å². The SMILES string of the molecule is CC(C)n1nccc1NC(=O)CSc1nc2ccccc2c(=O)n1C1CCCC1. The van der Waals surface area contributed by atoms with Crippen LogP contribution >= 0.6 is 11.8 Å². The van der Waals surface area contributed by atoms with Crippen LogP contribution in [-0.4, -0.2) is 31.0 Å². The Balaban J connectivity index is 1.58. The first-order valence-corrected chi connectivity index (χ1v) is 11.0. The Bertz CT molecular complexity index is 1080. The van der Waals surface area contributed by atoms with Crippen molar-refractivity contribution in [1.29, 1.82) is 0 Å². The van der Waals surface area contributed by atoms with Crippen LogP contribution in [0.3, 0.4) is 0 Å². The predicted octanol–water partition coefficient (Wildman–Crippen LogP) is 4.02. The van der Waals surface area contributed by atoms with E-state index in [9.17, 15) is 9.59 Å². The van der Waals surface area contributed by atoms with Crippen LogP contribution in [-0.2, 0) is 4.79 Å². The second-order valence-corrected chi connectivity index (χ2v) is 8.56. The summed E-state index contributed by atoms with van der Waals surface area (Å²) in [5.74, 6) is 0.712. The number of para-hydroxylation sites is 1. The van der Waals surface area contributed by atoms with Crippen LogP contribution in [0.25, 0.3) is 10.9 Å². The van der Waals surface area contributed by atoms with E-state index >= 15 is 0 Å². The van der Waals surface area contributed by atoms with E-state index in [2.05, 4.69) is 10.4 Å². The molecule has 0 radical (unpaired) electrons. The fourth-order valence-electron chi connectivity index (χ4n) is 3.85. The molecule has 1 amide bonds. The van der Waals surface area contributed by atoms with E-state index in [0.717, 1.165) is 25.7 Å². The van der Waals surface area contributed by atoms with Gasteiger partial charge in [0.15, 0.2) is 5.16 Å². The third kappa shape index (κ3) is 4.07. The Morgan fingerprint density at radius 1 is 1.24 bits per heavy atom. The maximum absolute atomic E-state index is 13.2. The predicted molar refractivity (Wildman–Crippen MR) is 115 cm³/mol. The number of aromatic nitrogens is 4. The molecular formula is C21H25N5O2S. The van der Waals surface area contributed by atoms with Gasteiger partial charge in [-0.3, -0.25) is 14.2 Å².